The van der Waals surface area contributed by atoms with Crippen molar-refractivity contribution in [2.45, 2.75) is 45.0 Å². The lowest BCUT2D eigenvalue weighted by atomic mass is 10.0. The van der Waals surface area contributed by atoms with Gasteiger partial charge in [0.2, 0.25) is 17.7 Å². The van der Waals surface area contributed by atoms with Crippen LogP contribution in [0.3, 0.4) is 0 Å². The van der Waals surface area contributed by atoms with E-state index in [1.54, 1.807) is 13.8 Å². The Morgan fingerprint density at radius 2 is 1.52 bits per heavy atom. The van der Waals surface area contributed by atoms with Gasteiger partial charge in [0.15, 0.2) is 0 Å². The minimum atomic E-state index is -1.30. The standard InChI is InChI=1S/C14H26N4O6S/c1-6(2)10(12(21)16-8(5-25)14(23)24)18-13(22)11(7(3)19)17-9(20)4-15/h6-8,10-11,19,25H,4-5,15H2,1-3H3,(H,16,21)(H,17,20)(H,18,22)(H,23,24). The highest BCUT2D eigenvalue weighted by atomic mass is 32.1. The van der Waals surface area contributed by atoms with Gasteiger partial charge < -0.3 is 31.9 Å². The van der Waals surface area contributed by atoms with Gasteiger partial charge in [0.05, 0.1) is 12.6 Å². The van der Waals surface area contributed by atoms with E-state index in [0.717, 1.165) is 0 Å². The van der Waals surface area contributed by atoms with Crippen LogP contribution in [0.4, 0.5) is 0 Å². The second-order valence-corrected chi connectivity index (χ2v) is 6.17. The van der Waals surface area contributed by atoms with Crippen LogP contribution in [0, 0.1) is 5.92 Å². The number of hydrogen-bond donors (Lipinski definition) is 7. The highest BCUT2D eigenvalue weighted by molar-refractivity contribution is 7.80. The summed E-state index contributed by atoms with van der Waals surface area (Å²) >= 11 is 3.85. The highest BCUT2D eigenvalue weighted by Gasteiger charge is 2.32. The summed E-state index contributed by atoms with van der Waals surface area (Å²) in [5.41, 5.74) is 5.16. The lowest BCUT2D eigenvalue weighted by Gasteiger charge is -2.27. The molecule has 7 N–H and O–H groups in total. The third kappa shape index (κ3) is 7.71. The smallest absolute Gasteiger partial charge is 0.327 e. The van der Waals surface area contributed by atoms with Crippen molar-refractivity contribution in [1.82, 2.24) is 16.0 Å². The molecule has 0 rings (SSSR count). The van der Waals surface area contributed by atoms with Gasteiger partial charge in [-0.25, -0.2) is 4.79 Å². The van der Waals surface area contributed by atoms with Crippen molar-refractivity contribution in [3.63, 3.8) is 0 Å². The summed E-state index contributed by atoms with van der Waals surface area (Å²) in [4.78, 5) is 46.9. The maximum atomic E-state index is 12.3. The molecule has 0 saturated heterocycles. The fourth-order valence-corrected chi connectivity index (χ4v) is 2.11. The molecule has 10 nitrogen and oxygen atoms in total. The lowest BCUT2D eigenvalue weighted by molar-refractivity contribution is -0.142. The Labute approximate surface area is 151 Å². The third-order valence-electron chi connectivity index (χ3n) is 3.31. The molecule has 0 aliphatic heterocycles. The van der Waals surface area contributed by atoms with Crippen LogP contribution in [0.25, 0.3) is 0 Å². The molecule has 0 aromatic heterocycles. The molecule has 0 aromatic rings. The van der Waals surface area contributed by atoms with E-state index in [1.807, 2.05) is 0 Å². The number of thiol groups is 1. The van der Waals surface area contributed by atoms with Crippen LogP contribution in [-0.4, -0.2) is 70.4 Å². The van der Waals surface area contributed by atoms with Crippen molar-refractivity contribution in [1.29, 1.82) is 0 Å². The normalized spacial score (nSPS) is 15.6. The molecule has 0 radical (unpaired) electrons. The van der Waals surface area contributed by atoms with Crippen LogP contribution in [-0.2, 0) is 19.2 Å². The van der Waals surface area contributed by atoms with Gasteiger partial charge in [-0.1, -0.05) is 13.8 Å². The summed E-state index contributed by atoms with van der Waals surface area (Å²) in [5, 5.41) is 25.6. The van der Waals surface area contributed by atoms with Crippen molar-refractivity contribution in [2.24, 2.45) is 11.7 Å². The Balaban J connectivity index is 5.15. The Hall–Kier alpha value is -1.85. The SMILES string of the molecule is CC(C)C(NC(=O)C(NC(=O)CN)C(C)O)C(=O)NC(CS)C(=O)O. The number of hydrogen-bond acceptors (Lipinski definition) is 7. The zero-order chi connectivity index (χ0) is 19.7. The number of amides is 3. The van der Waals surface area contributed by atoms with Crippen LogP contribution in [0.2, 0.25) is 0 Å². The number of aliphatic carboxylic acids is 1. The van der Waals surface area contributed by atoms with Crippen LogP contribution in [0.15, 0.2) is 0 Å². The number of carbonyl (C=O) groups excluding carboxylic acids is 3. The molecule has 3 amide bonds. The monoisotopic (exact) mass is 378 g/mol. The summed E-state index contributed by atoms with van der Waals surface area (Å²) < 4.78 is 0. The maximum Gasteiger partial charge on any atom is 0.327 e. The quantitative estimate of drug-likeness (QED) is 0.205. The predicted octanol–water partition coefficient (Wildman–Crippen LogP) is -2.55. The molecular weight excluding hydrogens is 352 g/mol. The number of carboxylic acids is 1. The Morgan fingerprint density at radius 1 is 1.00 bits per heavy atom. The summed E-state index contributed by atoms with van der Waals surface area (Å²) in [7, 11) is 0. The molecule has 0 fully saturated rings. The number of carbonyl (C=O) groups is 4. The second kappa shape index (κ2) is 10.9. The highest BCUT2D eigenvalue weighted by Crippen LogP contribution is 2.05. The van der Waals surface area contributed by atoms with E-state index in [9.17, 15) is 24.3 Å². The number of aliphatic hydroxyl groups is 1. The van der Waals surface area contributed by atoms with Crippen LogP contribution < -0.4 is 21.7 Å². The molecule has 0 aliphatic rings. The number of rotatable bonds is 10. The molecule has 0 bridgehead atoms. The number of nitrogens with two attached hydrogens (primary N) is 1. The molecule has 144 valence electrons. The van der Waals surface area contributed by atoms with Crippen molar-refractivity contribution >= 4 is 36.3 Å². The number of carboxylic acid groups (broad SMARTS) is 1. The molecule has 0 spiro atoms. The zero-order valence-corrected chi connectivity index (χ0v) is 15.2. The van der Waals surface area contributed by atoms with Gasteiger partial charge in [0.25, 0.3) is 0 Å². The van der Waals surface area contributed by atoms with Gasteiger partial charge in [-0.05, 0) is 12.8 Å². The Morgan fingerprint density at radius 3 is 1.88 bits per heavy atom. The first-order chi connectivity index (χ1) is 11.5. The number of nitrogens with one attached hydrogen (secondary N) is 3. The van der Waals surface area contributed by atoms with Gasteiger partial charge in [-0.2, -0.15) is 12.6 Å². The van der Waals surface area contributed by atoms with E-state index in [0.29, 0.717) is 0 Å². The molecule has 4 unspecified atom stereocenters. The molecule has 25 heavy (non-hydrogen) atoms. The molecule has 0 heterocycles. The Kier molecular flexibility index (Phi) is 10.1. The van der Waals surface area contributed by atoms with Crippen LogP contribution >= 0.6 is 12.6 Å². The fraction of sp³-hybridized carbons (Fsp3) is 0.714. The molecule has 0 aromatic carbocycles. The minimum Gasteiger partial charge on any atom is -0.480 e. The summed E-state index contributed by atoms with van der Waals surface area (Å²) in [5.74, 6) is -3.90. The van der Waals surface area contributed by atoms with E-state index in [2.05, 4.69) is 28.6 Å². The lowest BCUT2D eigenvalue weighted by Crippen LogP contribution is -2.60. The predicted molar refractivity (Wildman–Crippen MR) is 92.9 cm³/mol. The first kappa shape index (κ1) is 23.1. The fourth-order valence-electron chi connectivity index (χ4n) is 1.86. The largest absolute Gasteiger partial charge is 0.480 e. The minimum absolute atomic E-state index is 0.122. The van der Waals surface area contributed by atoms with Crippen molar-refractivity contribution < 1.29 is 29.4 Å². The van der Waals surface area contributed by atoms with Crippen molar-refractivity contribution in [2.75, 3.05) is 12.3 Å². The van der Waals surface area contributed by atoms with E-state index >= 15 is 0 Å². The average molecular weight is 378 g/mol. The van der Waals surface area contributed by atoms with Gasteiger partial charge >= 0.3 is 5.97 Å². The molecular formula is C14H26N4O6S. The van der Waals surface area contributed by atoms with Gasteiger partial charge in [0, 0.05) is 5.75 Å². The first-order valence-electron chi connectivity index (χ1n) is 7.67. The molecule has 11 heteroatoms. The molecule has 0 aliphatic carbocycles. The first-order valence-corrected chi connectivity index (χ1v) is 8.30. The second-order valence-electron chi connectivity index (χ2n) is 5.80. The number of aliphatic hydroxyl groups excluding tert-OH is 1. The maximum absolute atomic E-state index is 12.3. The third-order valence-corrected chi connectivity index (χ3v) is 3.68. The summed E-state index contributed by atoms with van der Waals surface area (Å²) in [6, 6.07) is -3.57. The zero-order valence-electron chi connectivity index (χ0n) is 14.4. The van der Waals surface area contributed by atoms with E-state index in [-0.39, 0.29) is 18.2 Å². The Bertz CT molecular complexity index is 500. The average Bonchev–Trinajstić information content (AvgIpc) is 2.53. The summed E-state index contributed by atoms with van der Waals surface area (Å²) in [6.45, 7) is 4.23. The van der Waals surface area contributed by atoms with Gasteiger partial charge in [-0.15, -0.1) is 0 Å². The van der Waals surface area contributed by atoms with Crippen LogP contribution in [0.5, 0.6) is 0 Å². The van der Waals surface area contributed by atoms with E-state index in [4.69, 9.17) is 10.8 Å². The van der Waals surface area contributed by atoms with Crippen molar-refractivity contribution in [3.05, 3.63) is 0 Å². The summed E-state index contributed by atoms with van der Waals surface area (Å²) in [6.07, 6.45) is -1.23. The molecule has 4 atom stereocenters. The van der Waals surface area contributed by atoms with Crippen molar-refractivity contribution in [3.8, 4) is 0 Å². The van der Waals surface area contributed by atoms with E-state index < -0.39 is 47.9 Å². The topological polar surface area (TPSA) is 171 Å². The van der Waals surface area contributed by atoms with Gasteiger partial charge in [0.1, 0.15) is 18.1 Å². The van der Waals surface area contributed by atoms with Crippen LogP contribution in [0.1, 0.15) is 20.8 Å². The van der Waals surface area contributed by atoms with Gasteiger partial charge in [-0.3, -0.25) is 14.4 Å². The molecule has 0 saturated carbocycles. The van der Waals surface area contributed by atoms with E-state index in [1.165, 1.54) is 6.92 Å².